The van der Waals surface area contributed by atoms with Gasteiger partial charge in [0.05, 0.1) is 5.00 Å². The first-order valence-corrected chi connectivity index (χ1v) is 12.3. The van der Waals surface area contributed by atoms with Crippen LogP contribution in [0, 0.1) is 6.92 Å². The standard InChI is InChI=1S/C26H33N3O2S/c1-16-14-27-12-11-21(16)23(17(2)19-7-6-8-20(30)13-19)15-28-26(31)29-25-18(3)22-9-4-5-10-24(22)32-25/h6-8,13,27,30H,4-5,9-12,14-15H2,1-3H3,(H2,28,29,31)/b23-17+. The predicted octanol–water partition coefficient (Wildman–Crippen LogP) is 5.55. The van der Waals surface area contributed by atoms with Crippen molar-refractivity contribution in [1.82, 2.24) is 10.6 Å². The first-order chi connectivity index (χ1) is 15.4. The second kappa shape index (κ2) is 9.92. The molecule has 5 nitrogen and oxygen atoms in total. The van der Waals surface area contributed by atoms with Crippen LogP contribution in [0.2, 0.25) is 0 Å². The number of aromatic hydroxyl groups is 1. The molecule has 2 aromatic rings. The van der Waals surface area contributed by atoms with Crippen molar-refractivity contribution < 1.29 is 9.90 Å². The number of rotatable bonds is 5. The van der Waals surface area contributed by atoms with E-state index < -0.39 is 0 Å². The van der Waals surface area contributed by atoms with Crippen molar-refractivity contribution >= 4 is 27.9 Å². The molecule has 6 heteroatoms. The second-order valence-corrected chi connectivity index (χ2v) is 9.92. The van der Waals surface area contributed by atoms with E-state index in [1.165, 1.54) is 40.0 Å². The fourth-order valence-electron chi connectivity index (χ4n) is 4.76. The summed E-state index contributed by atoms with van der Waals surface area (Å²) < 4.78 is 0. The number of fused-ring (bicyclic) bond motifs is 1. The van der Waals surface area contributed by atoms with Crippen LogP contribution < -0.4 is 16.0 Å². The van der Waals surface area contributed by atoms with Gasteiger partial charge in [-0.1, -0.05) is 17.7 Å². The van der Waals surface area contributed by atoms with Crippen LogP contribution >= 0.6 is 11.3 Å². The van der Waals surface area contributed by atoms with E-state index in [2.05, 4.69) is 36.7 Å². The summed E-state index contributed by atoms with van der Waals surface area (Å²) in [5.74, 6) is 0.250. The van der Waals surface area contributed by atoms with Crippen LogP contribution in [0.4, 0.5) is 9.80 Å². The molecule has 0 bridgehead atoms. The first-order valence-electron chi connectivity index (χ1n) is 11.5. The van der Waals surface area contributed by atoms with Crippen LogP contribution in [0.25, 0.3) is 5.57 Å². The molecule has 170 valence electrons. The van der Waals surface area contributed by atoms with E-state index in [1.54, 1.807) is 23.5 Å². The molecule has 0 unspecified atom stereocenters. The van der Waals surface area contributed by atoms with Crippen LogP contribution in [0.3, 0.4) is 0 Å². The Bertz CT molecular complexity index is 1080. The summed E-state index contributed by atoms with van der Waals surface area (Å²) in [7, 11) is 0. The Morgan fingerprint density at radius 1 is 1.19 bits per heavy atom. The quantitative estimate of drug-likeness (QED) is 0.482. The van der Waals surface area contributed by atoms with Crippen molar-refractivity contribution in [3.05, 3.63) is 62.6 Å². The molecule has 0 spiro atoms. The van der Waals surface area contributed by atoms with E-state index in [9.17, 15) is 9.90 Å². The lowest BCUT2D eigenvalue weighted by atomic mass is 9.89. The molecule has 0 radical (unpaired) electrons. The minimum Gasteiger partial charge on any atom is -0.508 e. The lowest BCUT2D eigenvalue weighted by Crippen LogP contribution is -2.32. The van der Waals surface area contributed by atoms with Crippen molar-refractivity contribution in [2.75, 3.05) is 25.0 Å². The molecule has 32 heavy (non-hydrogen) atoms. The molecule has 1 aliphatic heterocycles. The second-order valence-electron chi connectivity index (χ2n) is 8.81. The number of benzene rings is 1. The molecule has 0 fully saturated rings. The summed E-state index contributed by atoms with van der Waals surface area (Å²) in [6.45, 7) is 8.58. The molecule has 0 saturated carbocycles. The highest BCUT2D eigenvalue weighted by Crippen LogP contribution is 2.37. The molecular formula is C26H33N3O2S. The highest BCUT2D eigenvalue weighted by atomic mass is 32.1. The number of anilines is 1. The number of hydrogen-bond donors (Lipinski definition) is 4. The van der Waals surface area contributed by atoms with Gasteiger partial charge in [0.25, 0.3) is 0 Å². The molecule has 2 amide bonds. The van der Waals surface area contributed by atoms with Gasteiger partial charge in [-0.25, -0.2) is 4.79 Å². The molecule has 2 heterocycles. The number of carbonyl (C=O) groups is 1. The van der Waals surface area contributed by atoms with E-state index in [0.29, 0.717) is 6.54 Å². The number of hydrogen-bond acceptors (Lipinski definition) is 4. The SMILES string of the molecule is CC1=C(/C(CNC(=O)Nc2sc3c(c2C)CCCC3)=C(\C)c2cccc(O)c2)CCNC1. The van der Waals surface area contributed by atoms with Crippen LogP contribution in [0.1, 0.15) is 54.7 Å². The summed E-state index contributed by atoms with van der Waals surface area (Å²) in [5.41, 5.74) is 8.45. The third-order valence-electron chi connectivity index (χ3n) is 6.64. The van der Waals surface area contributed by atoms with Crippen LogP contribution in [0.5, 0.6) is 5.75 Å². The zero-order valence-corrected chi connectivity index (χ0v) is 20.0. The minimum atomic E-state index is -0.167. The maximum Gasteiger partial charge on any atom is 0.320 e. The summed E-state index contributed by atoms with van der Waals surface area (Å²) in [5, 5.41) is 20.6. The number of aryl methyl sites for hydroxylation is 1. The molecule has 0 saturated heterocycles. The predicted molar refractivity (Wildman–Crippen MR) is 134 cm³/mol. The van der Waals surface area contributed by atoms with Gasteiger partial charge in [0.1, 0.15) is 5.75 Å². The fraction of sp³-hybridized carbons (Fsp3) is 0.423. The third-order valence-corrected chi connectivity index (χ3v) is 7.95. The van der Waals surface area contributed by atoms with E-state index in [-0.39, 0.29) is 11.8 Å². The summed E-state index contributed by atoms with van der Waals surface area (Å²) in [6, 6.07) is 7.16. The lowest BCUT2D eigenvalue weighted by molar-refractivity contribution is 0.253. The Morgan fingerprint density at radius 3 is 2.75 bits per heavy atom. The maximum atomic E-state index is 12.9. The number of allylic oxidation sites excluding steroid dienone is 1. The molecule has 1 aromatic carbocycles. The first kappa shape index (κ1) is 22.6. The normalized spacial score (nSPS) is 17.0. The van der Waals surface area contributed by atoms with Crippen LogP contribution in [-0.2, 0) is 12.8 Å². The van der Waals surface area contributed by atoms with Crippen LogP contribution in [0.15, 0.2) is 41.0 Å². The minimum absolute atomic E-state index is 0.167. The van der Waals surface area contributed by atoms with Crippen molar-refractivity contribution in [2.45, 2.75) is 52.9 Å². The number of phenolic OH excluding ortho intramolecular Hbond substituents is 1. The molecule has 4 N–H and O–H groups in total. The number of amides is 2. The summed E-state index contributed by atoms with van der Waals surface area (Å²) in [4.78, 5) is 14.3. The molecule has 4 rings (SSSR count). The van der Waals surface area contributed by atoms with Crippen molar-refractivity contribution in [2.24, 2.45) is 0 Å². The average molecular weight is 452 g/mol. The Labute approximate surface area is 194 Å². The highest BCUT2D eigenvalue weighted by Gasteiger charge is 2.20. The molecule has 1 aliphatic carbocycles. The van der Waals surface area contributed by atoms with Crippen LogP contribution in [-0.4, -0.2) is 30.8 Å². The van der Waals surface area contributed by atoms with E-state index in [1.807, 2.05) is 12.1 Å². The van der Waals surface area contributed by atoms with Gasteiger partial charge >= 0.3 is 6.03 Å². The topological polar surface area (TPSA) is 73.4 Å². The van der Waals surface area contributed by atoms with Gasteiger partial charge < -0.3 is 15.7 Å². The Hall–Kier alpha value is -2.57. The smallest absolute Gasteiger partial charge is 0.320 e. The maximum absolute atomic E-state index is 12.9. The highest BCUT2D eigenvalue weighted by molar-refractivity contribution is 7.16. The zero-order valence-electron chi connectivity index (χ0n) is 19.2. The molecule has 1 aromatic heterocycles. The van der Waals surface area contributed by atoms with Crippen molar-refractivity contribution in [1.29, 1.82) is 0 Å². The van der Waals surface area contributed by atoms with Gasteiger partial charge in [-0.15, -0.1) is 11.3 Å². The van der Waals surface area contributed by atoms with E-state index in [4.69, 9.17) is 0 Å². The van der Waals surface area contributed by atoms with E-state index in [0.717, 1.165) is 54.1 Å². The monoisotopic (exact) mass is 451 g/mol. The number of phenols is 1. The largest absolute Gasteiger partial charge is 0.508 e. The van der Waals surface area contributed by atoms with Gasteiger partial charge in [0, 0.05) is 18.0 Å². The lowest BCUT2D eigenvalue weighted by Gasteiger charge is -2.24. The molecular weight excluding hydrogens is 418 g/mol. The van der Waals surface area contributed by atoms with Gasteiger partial charge in [-0.3, -0.25) is 5.32 Å². The zero-order chi connectivity index (χ0) is 22.7. The number of carbonyl (C=O) groups excluding carboxylic acids is 1. The third kappa shape index (κ3) is 4.92. The summed E-state index contributed by atoms with van der Waals surface area (Å²) in [6.07, 6.45) is 5.66. The van der Waals surface area contributed by atoms with Crippen molar-refractivity contribution in [3.8, 4) is 5.75 Å². The number of urea groups is 1. The molecule has 0 atom stereocenters. The number of thiophene rings is 1. The van der Waals surface area contributed by atoms with E-state index >= 15 is 0 Å². The van der Waals surface area contributed by atoms with Gasteiger partial charge in [0.15, 0.2) is 0 Å². The Balaban J connectivity index is 1.55. The summed E-state index contributed by atoms with van der Waals surface area (Å²) >= 11 is 1.73. The number of nitrogens with one attached hydrogen (secondary N) is 3. The Morgan fingerprint density at radius 2 is 2.00 bits per heavy atom. The van der Waals surface area contributed by atoms with Gasteiger partial charge in [-0.05, 0) is 105 Å². The average Bonchev–Trinajstić information content (AvgIpc) is 3.10. The van der Waals surface area contributed by atoms with Crippen molar-refractivity contribution in [3.63, 3.8) is 0 Å². The van der Waals surface area contributed by atoms with Gasteiger partial charge in [-0.2, -0.15) is 0 Å². The van der Waals surface area contributed by atoms with Gasteiger partial charge in [0.2, 0.25) is 0 Å². The Kier molecular flexibility index (Phi) is 7.01. The fourth-order valence-corrected chi connectivity index (χ4v) is 6.05. The molecule has 2 aliphatic rings.